The van der Waals surface area contributed by atoms with Crippen LogP contribution in [0.15, 0.2) is 53.5 Å². The average molecular weight is 427 g/mol. The molecule has 1 heterocycles. The minimum Gasteiger partial charge on any atom is -0.329 e. The van der Waals surface area contributed by atoms with E-state index in [1.165, 1.54) is 12.1 Å². The van der Waals surface area contributed by atoms with Gasteiger partial charge in [0.2, 0.25) is 0 Å². The van der Waals surface area contributed by atoms with Crippen LogP contribution in [-0.4, -0.2) is 10.5 Å². The molecule has 0 spiro atoms. The molecule has 1 saturated carbocycles. The van der Waals surface area contributed by atoms with Crippen LogP contribution in [0.4, 0.5) is 4.39 Å². The van der Waals surface area contributed by atoms with E-state index in [2.05, 4.69) is 18.8 Å². The van der Waals surface area contributed by atoms with Crippen molar-refractivity contribution in [3.63, 3.8) is 0 Å². The maximum Gasteiger partial charge on any atom is 0.255 e. The highest BCUT2D eigenvalue weighted by atomic mass is 35.5. The van der Waals surface area contributed by atoms with Gasteiger partial charge in [-0.3, -0.25) is 4.79 Å². The SMILES string of the molecule is CC(C)(N)[C@]1(c2ccc(F)cc2)CC[C@H](Cc2cc3cc[nH]c(=O)c3cc2Cl)CC1. The summed E-state index contributed by atoms with van der Waals surface area (Å²) in [7, 11) is 0. The maximum absolute atomic E-state index is 13.5. The predicted octanol–water partition coefficient (Wildman–Crippen LogP) is 5.73. The number of nitrogens with one attached hydrogen (secondary N) is 1. The number of nitrogens with two attached hydrogens (primary N) is 1. The molecule has 1 aliphatic carbocycles. The van der Waals surface area contributed by atoms with Crippen molar-refractivity contribution in [2.45, 2.75) is 56.9 Å². The Bertz CT molecular complexity index is 1110. The van der Waals surface area contributed by atoms with Crippen molar-refractivity contribution in [2.24, 2.45) is 11.7 Å². The Morgan fingerprint density at radius 3 is 2.47 bits per heavy atom. The minimum absolute atomic E-state index is 0.118. The summed E-state index contributed by atoms with van der Waals surface area (Å²) >= 11 is 6.53. The topological polar surface area (TPSA) is 58.9 Å². The molecule has 0 unspecified atom stereocenters. The molecular weight excluding hydrogens is 399 g/mol. The van der Waals surface area contributed by atoms with E-state index in [9.17, 15) is 9.18 Å². The van der Waals surface area contributed by atoms with Crippen LogP contribution >= 0.6 is 11.6 Å². The van der Waals surface area contributed by atoms with E-state index in [1.54, 1.807) is 12.3 Å². The lowest BCUT2D eigenvalue weighted by Crippen LogP contribution is -2.55. The standard InChI is InChI=1S/C25H28ClFN2O/c1-24(2,28)25(19-3-5-20(27)6-4-19)10-7-16(8-11-25)13-18-14-17-9-12-29-23(30)21(17)15-22(18)26/h3-6,9,12,14-16H,7-8,10-11,13,28H2,1-2H3,(H,29,30)/t16-,25+. The first kappa shape index (κ1) is 21.1. The molecule has 1 aliphatic rings. The van der Waals surface area contributed by atoms with Gasteiger partial charge in [0, 0.05) is 27.6 Å². The number of aromatic amines is 1. The van der Waals surface area contributed by atoms with Crippen molar-refractivity contribution in [2.75, 3.05) is 0 Å². The van der Waals surface area contributed by atoms with Crippen molar-refractivity contribution >= 4 is 22.4 Å². The third-order valence-electron chi connectivity index (χ3n) is 7.04. The van der Waals surface area contributed by atoms with Crippen molar-refractivity contribution in [1.82, 2.24) is 4.98 Å². The van der Waals surface area contributed by atoms with Crippen molar-refractivity contribution in [3.05, 3.63) is 81.0 Å². The van der Waals surface area contributed by atoms with Gasteiger partial charge >= 0.3 is 0 Å². The summed E-state index contributed by atoms with van der Waals surface area (Å²) in [5.41, 5.74) is 8.18. The van der Waals surface area contributed by atoms with Gasteiger partial charge in [-0.05, 0) is 98.7 Å². The zero-order chi connectivity index (χ0) is 21.5. The van der Waals surface area contributed by atoms with E-state index in [1.807, 2.05) is 24.3 Å². The monoisotopic (exact) mass is 426 g/mol. The zero-order valence-corrected chi connectivity index (χ0v) is 18.2. The summed E-state index contributed by atoms with van der Waals surface area (Å²) in [6.07, 6.45) is 6.52. The van der Waals surface area contributed by atoms with Crippen LogP contribution in [0, 0.1) is 11.7 Å². The number of halogens is 2. The molecule has 30 heavy (non-hydrogen) atoms. The second kappa shape index (κ2) is 7.82. The number of rotatable bonds is 4. The third-order valence-corrected chi connectivity index (χ3v) is 7.39. The second-order valence-electron chi connectivity index (χ2n) is 9.30. The van der Waals surface area contributed by atoms with E-state index >= 15 is 0 Å². The van der Waals surface area contributed by atoms with Crippen molar-refractivity contribution < 1.29 is 4.39 Å². The fourth-order valence-corrected chi connectivity index (χ4v) is 5.41. The highest BCUT2D eigenvalue weighted by Crippen LogP contribution is 2.48. The molecule has 3 N–H and O–H groups in total. The van der Waals surface area contributed by atoms with E-state index in [0.717, 1.165) is 48.6 Å². The fourth-order valence-electron chi connectivity index (χ4n) is 5.17. The van der Waals surface area contributed by atoms with E-state index < -0.39 is 5.54 Å². The molecule has 4 rings (SSSR count). The Hall–Kier alpha value is -2.17. The first-order chi connectivity index (χ1) is 14.2. The molecule has 0 saturated heterocycles. The molecule has 1 aromatic heterocycles. The summed E-state index contributed by atoms with van der Waals surface area (Å²) < 4.78 is 13.5. The molecule has 3 aromatic rings. The summed E-state index contributed by atoms with van der Waals surface area (Å²) in [5.74, 6) is 0.278. The Balaban J connectivity index is 1.56. The maximum atomic E-state index is 13.5. The normalized spacial score (nSPS) is 22.4. The van der Waals surface area contributed by atoms with Gasteiger partial charge in [-0.25, -0.2) is 4.39 Å². The summed E-state index contributed by atoms with van der Waals surface area (Å²) in [4.78, 5) is 14.7. The molecule has 0 amide bonds. The van der Waals surface area contributed by atoms with Crippen LogP contribution in [0.1, 0.15) is 50.7 Å². The van der Waals surface area contributed by atoms with Gasteiger partial charge in [0.25, 0.3) is 5.56 Å². The molecule has 0 aliphatic heterocycles. The van der Waals surface area contributed by atoms with Gasteiger partial charge in [0.05, 0.1) is 0 Å². The summed E-state index contributed by atoms with van der Waals surface area (Å²) in [5, 5.41) is 2.18. The highest BCUT2D eigenvalue weighted by Gasteiger charge is 2.46. The number of pyridine rings is 1. The number of aromatic nitrogens is 1. The Labute approximate surface area is 181 Å². The van der Waals surface area contributed by atoms with Gasteiger partial charge in [-0.2, -0.15) is 0 Å². The molecule has 1 fully saturated rings. The number of fused-ring (bicyclic) bond motifs is 1. The van der Waals surface area contributed by atoms with Crippen LogP contribution in [0.25, 0.3) is 10.8 Å². The molecular formula is C25H28ClFN2O. The van der Waals surface area contributed by atoms with Crippen LogP contribution in [-0.2, 0) is 11.8 Å². The highest BCUT2D eigenvalue weighted by molar-refractivity contribution is 6.32. The van der Waals surface area contributed by atoms with Crippen LogP contribution in [0.5, 0.6) is 0 Å². The van der Waals surface area contributed by atoms with Crippen LogP contribution < -0.4 is 11.3 Å². The molecule has 0 atom stereocenters. The Kier molecular flexibility index (Phi) is 5.50. The van der Waals surface area contributed by atoms with Gasteiger partial charge in [0.1, 0.15) is 5.82 Å². The number of hydrogen-bond acceptors (Lipinski definition) is 2. The minimum atomic E-state index is -0.405. The quantitative estimate of drug-likeness (QED) is 0.559. The van der Waals surface area contributed by atoms with Crippen LogP contribution in [0.3, 0.4) is 0 Å². The van der Waals surface area contributed by atoms with Gasteiger partial charge in [0.15, 0.2) is 0 Å². The first-order valence-corrected chi connectivity index (χ1v) is 10.9. The molecule has 158 valence electrons. The number of H-pyrrole nitrogens is 1. The first-order valence-electron chi connectivity index (χ1n) is 10.5. The predicted molar refractivity (Wildman–Crippen MR) is 122 cm³/mol. The third kappa shape index (κ3) is 3.79. The fraction of sp³-hybridized carbons (Fsp3) is 0.400. The van der Waals surface area contributed by atoms with E-state index in [-0.39, 0.29) is 16.8 Å². The van der Waals surface area contributed by atoms with E-state index in [0.29, 0.717) is 16.3 Å². The lowest BCUT2D eigenvalue weighted by atomic mass is 9.57. The smallest absolute Gasteiger partial charge is 0.255 e. The lowest BCUT2D eigenvalue weighted by molar-refractivity contribution is 0.149. The molecule has 2 aromatic carbocycles. The van der Waals surface area contributed by atoms with Crippen LogP contribution in [0.2, 0.25) is 5.02 Å². The molecule has 3 nitrogen and oxygen atoms in total. The largest absolute Gasteiger partial charge is 0.329 e. The van der Waals surface area contributed by atoms with E-state index in [4.69, 9.17) is 17.3 Å². The molecule has 0 bridgehead atoms. The van der Waals surface area contributed by atoms with Gasteiger partial charge in [-0.1, -0.05) is 23.7 Å². The Morgan fingerprint density at radius 1 is 1.17 bits per heavy atom. The summed E-state index contributed by atoms with van der Waals surface area (Å²) in [6, 6.07) is 12.6. The number of benzene rings is 2. The zero-order valence-electron chi connectivity index (χ0n) is 17.5. The lowest BCUT2D eigenvalue weighted by Gasteiger charge is -2.49. The average Bonchev–Trinajstić information content (AvgIpc) is 2.70. The molecule has 0 radical (unpaired) electrons. The van der Waals surface area contributed by atoms with Gasteiger partial charge < -0.3 is 10.7 Å². The second-order valence-corrected chi connectivity index (χ2v) is 9.70. The Morgan fingerprint density at radius 2 is 1.83 bits per heavy atom. The molecule has 5 heteroatoms. The summed E-state index contributed by atoms with van der Waals surface area (Å²) in [6.45, 7) is 4.16. The van der Waals surface area contributed by atoms with Crippen molar-refractivity contribution in [1.29, 1.82) is 0 Å². The van der Waals surface area contributed by atoms with Gasteiger partial charge in [-0.15, -0.1) is 0 Å². The number of hydrogen-bond donors (Lipinski definition) is 2. The van der Waals surface area contributed by atoms with Crippen molar-refractivity contribution in [3.8, 4) is 0 Å².